The molecular formula is C21H29N3O7S2. The van der Waals surface area contributed by atoms with Crippen molar-refractivity contribution in [3.05, 3.63) is 40.9 Å². The number of ether oxygens (including phenoxy) is 3. The Kier molecular flexibility index (Phi) is 10.9. The van der Waals surface area contributed by atoms with Crippen LogP contribution in [0.25, 0.3) is 0 Å². The molecule has 1 atom stereocenters. The Hall–Kier alpha value is -2.38. The van der Waals surface area contributed by atoms with E-state index in [0.717, 1.165) is 4.88 Å². The molecule has 0 aliphatic carbocycles. The Bertz CT molecular complexity index is 1020. The summed E-state index contributed by atoms with van der Waals surface area (Å²) in [5.41, 5.74) is 0.367. The number of methoxy groups -OCH3 is 3. The third-order valence-electron chi connectivity index (χ3n) is 4.25. The highest BCUT2D eigenvalue weighted by molar-refractivity contribution is 7.91. The minimum atomic E-state index is -3.47. The van der Waals surface area contributed by atoms with Crippen LogP contribution in [-0.2, 0) is 40.3 Å². The van der Waals surface area contributed by atoms with Gasteiger partial charge in [0.25, 0.3) is 5.91 Å². The number of nitrogens with one attached hydrogen (secondary N) is 1. The molecule has 0 radical (unpaired) electrons. The summed E-state index contributed by atoms with van der Waals surface area (Å²) in [6.45, 7) is 2.76. The van der Waals surface area contributed by atoms with Gasteiger partial charge >= 0.3 is 0 Å². The van der Waals surface area contributed by atoms with Crippen molar-refractivity contribution >= 4 is 37.9 Å². The van der Waals surface area contributed by atoms with Crippen molar-refractivity contribution in [2.24, 2.45) is 5.16 Å². The summed E-state index contributed by atoms with van der Waals surface area (Å²) < 4.78 is 40.0. The first-order valence-electron chi connectivity index (χ1n) is 10.1. The number of oxime groups is 1. The van der Waals surface area contributed by atoms with Gasteiger partial charge in [-0.05, 0) is 25.5 Å². The summed E-state index contributed by atoms with van der Waals surface area (Å²) >= 11 is 1.27. The van der Waals surface area contributed by atoms with E-state index in [1.165, 1.54) is 49.8 Å². The van der Waals surface area contributed by atoms with Crippen LogP contribution in [0.1, 0.15) is 23.8 Å². The lowest BCUT2D eigenvalue weighted by atomic mass is 10.1. The van der Waals surface area contributed by atoms with Gasteiger partial charge < -0.3 is 19.0 Å². The summed E-state index contributed by atoms with van der Waals surface area (Å²) in [6.07, 6.45) is 1.60. The van der Waals surface area contributed by atoms with Crippen LogP contribution in [0.15, 0.2) is 40.5 Å². The number of carbonyl (C=O) groups is 1. The molecular weight excluding hydrogens is 470 g/mol. The molecule has 0 fully saturated rings. The van der Waals surface area contributed by atoms with E-state index >= 15 is 0 Å². The average Bonchev–Trinajstić information content (AvgIpc) is 3.21. The lowest BCUT2D eigenvalue weighted by Crippen LogP contribution is -2.25. The van der Waals surface area contributed by atoms with E-state index < -0.39 is 21.8 Å². The SMILES string of the molecule is COCCCS(=O)(=O)c1ccc(/C(=N\O[C@H](C)COC)C(=O)Nc2ncc(COC)s2)cc1. The quantitative estimate of drug-likeness (QED) is 0.239. The Morgan fingerprint density at radius 1 is 1.15 bits per heavy atom. The van der Waals surface area contributed by atoms with Crippen LogP contribution in [-0.4, -0.2) is 71.4 Å². The van der Waals surface area contributed by atoms with Gasteiger partial charge in [0.1, 0.15) is 6.10 Å². The number of nitrogens with zero attached hydrogens (tertiary/aromatic N) is 2. The summed E-state index contributed by atoms with van der Waals surface area (Å²) in [6, 6.07) is 5.92. The monoisotopic (exact) mass is 499 g/mol. The van der Waals surface area contributed by atoms with E-state index in [1.807, 2.05) is 0 Å². The first kappa shape index (κ1) is 26.9. The van der Waals surface area contributed by atoms with Crippen molar-refractivity contribution in [1.82, 2.24) is 4.98 Å². The zero-order valence-corrected chi connectivity index (χ0v) is 20.7. The van der Waals surface area contributed by atoms with E-state index in [0.29, 0.717) is 30.3 Å². The van der Waals surface area contributed by atoms with Gasteiger partial charge in [-0.15, -0.1) is 0 Å². The molecule has 33 heavy (non-hydrogen) atoms. The molecule has 12 heteroatoms. The van der Waals surface area contributed by atoms with Crippen molar-refractivity contribution in [2.45, 2.75) is 31.0 Å². The molecule has 1 N–H and O–H groups in total. The second-order valence-corrected chi connectivity index (χ2v) is 10.2. The van der Waals surface area contributed by atoms with Crippen LogP contribution >= 0.6 is 11.3 Å². The number of carbonyl (C=O) groups excluding carboxylic acids is 1. The van der Waals surface area contributed by atoms with Gasteiger partial charge in [-0.1, -0.05) is 28.6 Å². The van der Waals surface area contributed by atoms with Crippen molar-refractivity contribution in [1.29, 1.82) is 0 Å². The topological polar surface area (TPSA) is 125 Å². The van der Waals surface area contributed by atoms with Crippen LogP contribution < -0.4 is 5.32 Å². The Balaban J connectivity index is 2.25. The number of hydrogen-bond donors (Lipinski definition) is 1. The Morgan fingerprint density at radius 3 is 2.52 bits per heavy atom. The van der Waals surface area contributed by atoms with Crippen molar-refractivity contribution in [2.75, 3.05) is 45.6 Å². The summed E-state index contributed by atoms with van der Waals surface area (Å²) in [5.74, 6) is -0.582. The third kappa shape index (κ3) is 8.48. The standard InChI is InChI=1S/C21H29N3O7S2/c1-15(13-29-3)31-24-19(20(25)23-21-22-12-17(32-21)14-30-4)16-6-8-18(9-7-16)33(26,27)11-5-10-28-2/h6-9,12,15H,5,10-11,13-14H2,1-4H3,(H,22,23,25)/b24-19+/t15-/m1/s1. The fourth-order valence-corrected chi connectivity index (χ4v) is 4.76. The van der Waals surface area contributed by atoms with Gasteiger partial charge in [0.2, 0.25) is 0 Å². The maximum Gasteiger partial charge on any atom is 0.280 e. The minimum Gasteiger partial charge on any atom is -0.390 e. The van der Waals surface area contributed by atoms with Crippen molar-refractivity contribution in [3.8, 4) is 0 Å². The first-order valence-corrected chi connectivity index (χ1v) is 12.6. The molecule has 1 aromatic heterocycles. The summed E-state index contributed by atoms with van der Waals surface area (Å²) in [5, 5.41) is 7.08. The van der Waals surface area contributed by atoms with Crippen LogP contribution in [0.4, 0.5) is 5.13 Å². The van der Waals surface area contributed by atoms with E-state index in [1.54, 1.807) is 20.2 Å². The number of thiazole rings is 1. The molecule has 1 amide bonds. The molecule has 0 unspecified atom stereocenters. The number of amides is 1. The minimum absolute atomic E-state index is 0.0234. The van der Waals surface area contributed by atoms with Gasteiger partial charge in [-0.25, -0.2) is 13.4 Å². The van der Waals surface area contributed by atoms with Crippen molar-refractivity contribution in [3.63, 3.8) is 0 Å². The second kappa shape index (κ2) is 13.4. The molecule has 0 spiro atoms. The van der Waals surface area contributed by atoms with E-state index in [9.17, 15) is 13.2 Å². The Morgan fingerprint density at radius 2 is 1.88 bits per heavy atom. The van der Waals surface area contributed by atoms with Crippen LogP contribution in [0, 0.1) is 0 Å². The fourth-order valence-electron chi connectivity index (χ4n) is 2.69. The molecule has 10 nitrogen and oxygen atoms in total. The van der Waals surface area contributed by atoms with Crippen LogP contribution in [0.3, 0.4) is 0 Å². The molecule has 0 aliphatic heterocycles. The molecule has 2 aromatic rings. The van der Waals surface area contributed by atoms with Crippen molar-refractivity contribution < 1.29 is 32.3 Å². The molecule has 0 saturated carbocycles. The maximum absolute atomic E-state index is 13.0. The van der Waals surface area contributed by atoms with Gasteiger partial charge in [0.05, 0.1) is 28.7 Å². The lowest BCUT2D eigenvalue weighted by Gasteiger charge is -2.11. The highest BCUT2D eigenvalue weighted by atomic mass is 32.2. The largest absolute Gasteiger partial charge is 0.390 e. The second-order valence-electron chi connectivity index (χ2n) is 7.02. The van der Waals surface area contributed by atoms with Gasteiger partial charge in [0.15, 0.2) is 20.7 Å². The highest BCUT2D eigenvalue weighted by Crippen LogP contribution is 2.20. The number of anilines is 1. The molecule has 0 saturated heterocycles. The predicted octanol–water partition coefficient (Wildman–Crippen LogP) is 2.49. The zero-order chi connectivity index (χ0) is 24.3. The average molecular weight is 500 g/mol. The smallest absolute Gasteiger partial charge is 0.280 e. The van der Waals surface area contributed by atoms with Gasteiger partial charge in [-0.2, -0.15) is 0 Å². The highest BCUT2D eigenvalue weighted by Gasteiger charge is 2.20. The third-order valence-corrected chi connectivity index (χ3v) is 6.95. The van der Waals surface area contributed by atoms with E-state index in [2.05, 4.69) is 15.5 Å². The fraction of sp³-hybridized carbons (Fsp3) is 0.476. The molecule has 2 rings (SSSR count). The number of hydrogen-bond acceptors (Lipinski definition) is 10. The van der Waals surface area contributed by atoms with E-state index in [4.69, 9.17) is 19.0 Å². The molecule has 182 valence electrons. The number of benzene rings is 1. The molecule has 1 heterocycles. The summed E-state index contributed by atoms with van der Waals surface area (Å²) in [7, 11) is 1.16. The number of sulfone groups is 1. The lowest BCUT2D eigenvalue weighted by molar-refractivity contribution is -0.110. The normalized spacial score (nSPS) is 13.0. The summed E-state index contributed by atoms with van der Waals surface area (Å²) in [4.78, 5) is 23.5. The van der Waals surface area contributed by atoms with E-state index in [-0.39, 0.29) is 23.0 Å². The number of rotatable bonds is 14. The van der Waals surface area contributed by atoms with Gasteiger partial charge in [0, 0.05) is 39.7 Å². The predicted molar refractivity (Wildman–Crippen MR) is 125 cm³/mol. The first-order chi connectivity index (χ1) is 15.8. The molecule has 0 bridgehead atoms. The van der Waals surface area contributed by atoms with Crippen LogP contribution in [0.5, 0.6) is 0 Å². The number of aromatic nitrogens is 1. The maximum atomic E-state index is 13.0. The Labute approximate surface area is 197 Å². The zero-order valence-electron chi connectivity index (χ0n) is 19.1. The van der Waals surface area contributed by atoms with Gasteiger partial charge in [-0.3, -0.25) is 10.1 Å². The molecule has 1 aromatic carbocycles. The van der Waals surface area contributed by atoms with Crippen LogP contribution in [0.2, 0.25) is 0 Å². The molecule has 0 aliphatic rings.